The van der Waals surface area contributed by atoms with E-state index in [9.17, 15) is 0 Å². The van der Waals surface area contributed by atoms with Gasteiger partial charge in [-0.25, -0.2) is 9.97 Å². The summed E-state index contributed by atoms with van der Waals surface area (Å²) in [5.41, 5.74) is 1.24. The molecule has 1 aromatic rings. The molecule has 0 spiro atoms. The van der Waals surface area contributed by atoms with E-state index in [-0.39, 0.29) is 0 Å². The van der Waals surface area contributed by atoms with Crippen molar-refractivity contribution in [1.82, 2.24) is 24.7 Å². The second-order valence-corrected chi connectivity index (χ2v) is 7.55. The van der Waals surface area contributed by atoms with Crippen molar-refractivity contribution >= 4 is 11.8 Å². The van der Waals surface area contributed by atoms with Gasteiger partial charge in [-0.3, -0.25) is 9.80 Å². The number of nitrogens with zero attached hydrogens (tertiary/aromatic N) is 5. The third kappa shape index (κ3) is 4.19. The molecule has 0 N–H and O–H groups in total. The van der Waals surface area contributed by atoms with E-state index in [4.69, 9.17) is 0 Å². The molecule has 3 heterocycles. The summed E-state index contributed by atoms with van der Waals surface area (Å²) in [6, 6.07) is 0.740. The van der Waals surface area contributed by atoms with Crippen LogP contribution < -0.4 is 0 Å². The Bertz CT molecular complexity index is 458. The van der Waals surface area contributed by atoms with E-state index in [0.717, 1.165) is 23.5 Å². The van der Waals surface area contributed by atoms with Crippen LogP contribution in [0.15, 0.2) is 17.6 Å². The molecular weight excluding hydrogens is 294 g/mol. The van der Waals surface area contributed by atoms with Gasteiger partial charge in [0.2, 0.25) is 0 Å². The van der Waals surface area contributed by atoms with Crippen LogP contribution in [0.5, 0.6) is 0 Å². The number of rotatable bonds is 5. The minimum atomic E-state index is 0.740. The van der Waals surface area contributed by atoms with Crippen molar-refractivity contribution in [2.45, 2.75) is 31.1 Å². The van der Waals surface area contributed by atoms with E-state index >= 15 is 0 Å². The van der Waals surface area contributed by atoms with Gasteiger partial charge in [-0.05, 0) is 19.2 Å². The monoisotopic (exact) mass is 321 g/mol. The van der Waals surface area contributed by atoms with Gasteiger partial charge in [0, 0.05) is 69.8 Å². The highest BCUT2D eigenvalue weighted by Crippen LogP contribution is 2.19. The predicted octanol–water partition coefficient (Wildman–Crippen LogP) is 1.41. The molecule has 6 heteroatoms. The standard InChI is InChI=1S/C16H27N5S/c1-3-22-16-17-10-14(11-18-16)12-20-5-4-15(13-20)21-8-6-19(2)7-9-21/h10-11,15H,3-9,12-13H2,1-2H3. The molecule has 0 saturated carbocycles. The van der Waals surface area contributed by atoms with E-state index in [0.29, 0.717) is 0 Å². The van der Waals surface area contributed by atoms with Crippen molar-refractivity contribution in [2.24, 2.45) is 0 Å². The average Bonchev–Trinajstić information content (AvgIpc) is 2.99. The maximum Gasteiger partial charge on any atom is 0.187 e. The first-order valence-corrected chi connectivity index (χ1v) is 9.32. The van der Waals surface area contributed by atoms with Crippen molar-refractivity contribution in [3.63, 3.8) is 0 Å². The molecule has 0 radical (unpaired) electrons. The first kappa shape index (κ1) is 16.2. The molecule has 1 aromatic heterocycles. The normalized spacial score (nSPS) is 24.9. The number of piperazine rings is 1. The van der Waals surface area contributed by atoms with Crippen molar-refractivity contribution in [3.8, 4) is 0 Å². The minimum Gasteiger partial charge on any atom is -0.304 e. The van der Waals surface area contributed by atoms with Crippen molar-refractivity contribution in [2.75, 3.05) is 52.1 Å². The van der Waals surface area contributed by atoms with Crippen LogP contribution >= 0.6 is 11.8 Å². The number of likely N-dealkylation sites (N-methyl/N-ethyl adjacent to an activating group) is 1. The lowest BCUT2D eigenvalue weighted by molar-refractivity contribution is 0.112. The Hall–Kier alpha value is -0.690. The molecule has 0 aliphatic carbocycles. The van der Waals surface area contributed by atoms with Gasteiger partial charge in [0.25, 0.3) is 0 Å². The maximum absolute atomic E-state index is 4.44. The number of hydrogen-bond donors (Lipinski definition) is 0. The van der Waals surface area contributed by atoms with Gasteiger partial charge in [-0.15, -0.1) is 0 Å². The van der Waals surface area contributed by atoms with Crippen LogP contribution in [0, 0.1) is 0 Å². The van der Waals surface area contributed by atoms with Gasteiger partial charge in [-0.2, -0.15) is 0 Å². The van der Waals surface area contributed by atoms with E-state index < -0.39 is 0 Å². The molecule has 2 aliphatic rings. The molecule has 0 amide bonds. The highest BCUT2D eigenvalue weighted by Gasteiger charge is 2.29. The second kappa shape index (κ2) is 7.73. The smallest absolute Gasteiger partial charge is 0.187 e. The van der Waals surface area contributed by atoms with E-state index in [2.05, 4.69) is 38.6 Å². The highest BCUT2D eigenvalue weighted by molar-refractivity contribution is 7.99. The van der Waals surface area contributed by atoms with Crippen LogP contribution in [0.4, 0.5) is 0 Å². The minimum absolute atomic E-state index is 0.740. The number of aromatic nitrogens is 2. The number of thioether (sulfide) groups is 1. The van der Waals surface area contributed by atoms with Crippen LogP contribution in [0.25, 0.3) is 0 Å². The first-order chi connectivity index (χ1) is 10.7. The fourth-order valence-corrected chi connectivity index (χ4v) is 3.84. The Morgan fingerprint density at radius 1 is 1.14 bits per heavy atom. The lowest BCUT2D eigenvalue weighted by Crippen LogP contribution is -2.49. The molecule has 1 unspecified atom stereocenters. The first-order valence-electron chi connectivity index (χ1n) is 8.33. The summed E-state index contributed by atoms with van der Waals surface area (Å²) in [5, 5.41) is 0.892. The molecule has 0 bridgehead atoms. The zero-order valence-electron chi connectivity index (χ0n) is 13.7. The molecule has 122 valence electrons. The van der Waals surface area contributed by atoms with Crippen LogP contribution in [-0.4, -0.2) is 82.8 Å². The van der Waals surface area contributed by atoms with Crippen LogP contribution in [0.1, 0.15) is 18.9 Å². The van der Waals surface area contributed by atoms with Crippen LogP contribution in [0.2, 0.25) is 0 Å². The summed E-state index contributed by atoms with van der Waals surface area (Å²) >= 11 is 1.70. The fraction of sp³-hybridized carbons (Fsp3) is 0.750. The molecular formula is C16H27N5S. The molecule has 2 fully saturated rings. The Labute approximate surface area is 138 Å². The van der Waals surface area contributed by atoms with Crippen molar-refractivity contribution in [1.29, 1.82) is 0 Å². The quantitative estimate of drug-likeness (QED) is 0.603. The maximum atomic E-state index is 4.44. The molecule has 22 heavy (non-hydrogen) atoms. The Kier molecular flexibility index (Phi) is 5.68. The molecule has 5 nitrogen and oxygen atoms in total. The summed E-state index contributed by atoms with van der Waals surface area (Å²) < 4.78 is 0. The molecule has 3 rings (SSSR count). The third-order valence-corrected chi connectivity index (χ3v) is 5.42. The summed E-state index contributed by atoms with van der Waals surface area (Å²) in [7, 11) is 2.22. The van der Waals surface area contributed by atoms with E-state index in [1.807, 2.05) is 12.4 Å². The van der Waals surface area contributed by atoms with E-state index in [1.165, 1.54) is 51.3 Å². The molecule has 0 aromatic carbocycles. The van der Waals surface area contributed by atoms with Crippen LogP contribution in [0.3, 0.4) is 0 Å². The molecule has 2 aliphatic heterocycles. The predicted molar refractivity (Wildman–Crippen MR) is 91.2 cm³/mol. The van der Waals surface area contributed by atoms with Crippen molar-refractivity contribution < 1.29 is 0 Å². The second-order valence-electron chi connectivity index (χ2n) is 6.32. The average molecular weight is 321 g/mol. The van der Waals surface area contributed by atoms with Gasteiger partial charge in [-0.1, -0.05) is 18.7 Å². The SMILES string of the molecule is CCSc1ncc(CN2CCC(N3CCN(C)CC3)C2)cn1. The van der Waals surface area contributed by atoms with Crippen molar-refractivity contribution in [3.05, 3.63) is 18.0 Å². The summed E-state index contributed by atoms with van der Waals surface area (Å²) in [5.74, 6) is 1.03. The number of hydrogen-bond acceptors (Lipinski definition) is 6. The number of likely N-dealkylation sites (tertiary alicyclic amines) is 1. The lowest BCUT2D eigenvalue weighted by atomic mass is 10.2. The Balaban J connectivity index is 1.48. The van der Waals surface area contributed by atoms with Crippen LogP contribution in [-0.2, 0) is 6.54 Å². The van der Waals surface area contributed by atoms with Gasteiger partial charge in [0.15, 0.2) is 5.16 Å². The van der Waals surface area contributed by atoms with Gasteiger partial charge in [0.05, 0.1) is 0 Å². The zero-order chi connectivity index (χ0) is 15.4. The topological polar surface area (TPSA) is 35.5 Å². The van der Waals surface area contributed by atoms with E-state index in [1.54, 1.807) is 11.8 Å². The highest BCUT2D eigenvalue weighted by atomic mass is 32.2. The Morgan fingerprint density at radius 3 is 2.55 bits per heavy atom. The summed E-state index contributed by atoms with van der Waals surface area (Å²) in [6.45, 7) is 10.4. The van der Waals surface area contributed by atoms with Gasteiger partial charge in [0.1, 0.15) is 0 Å². The largest absolute Gasteiger partial charge is 0.304 e. The van der Waals surface area contributed by atoms with Gasteiger partial charge < -0.3 is 4.90 Å². The summed E-state index contributed by atoms with van der Waals surface area (Å²) in [6.07, 6.45) is 5.29. The fourth-order valence-electron chi connectivity index (χ4n) is 3.33. The summed E-state index contributed by atoms with van der Waals surface area (Å²) in [4.78, 5) is 16.5. The molecule has 1 atom stereocenters. The molecule has 2 saturated heterocycles. The third-order valence-electron chi connectivity index (χ3n) is 4.66. The van der Waals surface area contributed by atoms with Gasteiger partial charge >= 0.3 is 0 Å². The zero-order valence-corrected chi connectivity index (χ0v) is 14.6. The Morgan fingerprint density at radius 2 is 1.86 bits per heavy atom. The lowest BCUT2D eigenvalue weighted by Gasteiger charge is -2.36.